The number of rotatable bonds is 5. The van der Waals surface area contributed by atoms with Crippen LogP contribution in [0.5, 0.6) is 0 Å². The highest BCUT2D eigenvalue weighted by molar-refractivity contribution is 5.46. The zero-order valence-electron chi connectivity index (χ0n) is 14.9. The van der Waals surface area contributed by atoms with Gasteiger partial charge < -0.3 is 0 Å². The molecule has 2 aromatic rings. The molecule has 1 nitrogen and oxygen atoms in total. The van der Waals surface area contributed by atoms with Crippen LogP contribution in [0.3, 0.4) is 0 Å². The Hall–Kier alpha value is -2.12. The van der Waals surface area contributed by atoms with Crippen LogP contribution in [0.2, 0.25) is 0 Å². The van der Waals surface area contributed by atoms with Crippen molar-refractivity contribution in [2.45, 2.75) is 31.2 Å². The highest BCUT2D eigenvalue weighted by Crippen LogP contribution is 2.48. The van der Waals surface area contributed by atoms with E-state index in [2.05, 4.69) is 66.6 Å². The molecule has 0 saturated heterocycles. The van der Waals surface area contributed by atoms with Crippen molar-refractivity contribution in [3.63, 3.8) is 0 Å². The minimum Gasteiger partial charge on any atom is -0.292 e. The molecule has 25 heavy (non-hydrogen) atoms. The van der Waals surface area contributed by atoms with Crippen LogP contribution >= 0.6 is 0 Å². The van der Waals surface area contributed by atoms with Crippen molar-refractivity contribution >= 4 is 0 Å². The normalized spacial score (nSPS) is 24.1. The summed E-state index contributed by atoms with van der Waals surface area (Å²) in [7, 11) is 0. The largest absolute Gasteiger partial charge is 0.292 e. The second-order valence-corrected chi connectivity index (χ2v) is 7.38. The average Bonchev–Trinajstić information content (AvgIpc) is 2.66. The van der Waals surface area contributed by atoms with Crippen molar-refractivity contribution in [3.8, 4) is 0 Å². The fourth-order valence-electron chi connectivity index (χ4n) is 5.07. The van der Waals surface area contributed by atoms with E-state index in [-0.39, 0.29) is 0 Å². The van der Waals surface area contributed by atoms with Gasteiger partial charge in [-0.3, -0.25) is 4.90 Å². The fourth-order valence-corrected chi connectivity index (χ4v) is 5.07. The summed E-state index contributed by atoms with van der Waals surface area (Å²) < 4.78 is 0. The van der Waals surface area contributed by atoms with Gasteiger partial charge in [-0.05, 0) is 47.4 Å². The lowest BCUT2D eigenvalue weighted by Crippen LogP contribution is -2.48. The quantitative estimate of drug-likeness (QED) is 0.699. The molecule has 3 unspecified atom stereocenters. The number of hydrogen-bond donors (Lipinski definition) is 0. The number of fused-ring (bicyclic) bond motifs is 5. The van der Waals surface area contributed by atoms with Crippen LogP contribution in [0.4, 0.5) is 0 Å². The minimum absolute atomic E-state index is 0.525. The van der Waals surface area contributed by atoms with E-state index in [1.807, 2.05) is 12.2 Å². The summed E-state index contributed by atoms with van der Waals surface area (Å²) in [6.07, 6.45) is 7.68. The average molecular weight is 329 g/mol. The smallest absolute Gasteiger partial charge is 0.0180 e. The molecule has 0 fully saturated rings. The zero-order valence-corrected chi connectivity index (χ0v) is 14.9. The summed E-state index contributed by atoms with van der Waals surface area (Å²) in [5.74, 6) is 1.20. The van der Waals surface area contributed by atoms with Gasteiger partial charge in [0.05, 0.1) is 0 Å². The maximum atomic E-state index is 3.99. The molecule has 0 heterocycles. The molecule has 0 aromatic heterocycles. The van der Waals surface area contributed by atoms with Crippen LogP contribution in [0.1, 0.15) is 34.6 Å². The SMILES string of the molecule is C=CCN(CC=C)C1Cc2ccccc2C2c3ccccc3CCC21. The van der Waals surface area contributed by atoms with Crippen molar-refractivity contribution < 1.29 is 0 Å². The molecule has 2 aliphatic rings. The summed E-state index contributed by atoms with van der Waals surface area (Å²) >= 11 is 0. The van der Waals surface area contributed by atoms with E-state index in [1.54, 1.807) is 11.1 Å². The maximum absolute atomic E-state index is 3.99. The van der Waals surface area contributed by atoms with Gasteiger partial charge in [-0.1, -0.05) is 60.7 Å². The maximum Gasteiger partial charge on any atom is 0.0180 e. The molecule has 0 radical (unpaired) electrons. The highest BCUT2D eigenvalue weighted by Gasteiger charge is 2.42. The van der Waals surface area contributed by atoms with Gasteiger partial charge in [0.25, 0.3) is 0 Å². The Kier molecular flexibility index (Phi) is 4.59. The third kappa shape index (κ3) is 2.87. The Balaban J connectivity index is 1.81. The molecule has 0 saturated carbocycles. The van der Waals surface area contributed by atoms with Crippen LogP contribution in [0.25, 0.3) is 0 Å². The first-order valence-electron chi connectivity index (χ1n) is 9.45. The van der Waals surface area contributed by atoms with Crippen molar-refractivity contribution in [2.24, 2.45) is 5.92 Å². The van der Waals surface area contributed by atoms with Gasteiger partial charge in [0.2, 0.25) is 0 Å². The summed E-state index contributed by atoms with van der Waals surface area (Å²) in [5.41, 5.74) is 6.16. The molecule has 0 bridgehead atoms. The van der Waals surface area contributed by atoms with Gasteiger partial charge >= 0.3 is 0 Å². The van der Waals surface area contributed by atoms with Crippen molar-refractivity contribution in [3.05, 3.63) is 96.1 Å². The Bertz CT molecular complexity index is 765. The topological polar surface area (TPSA) is 3.24 Å². The summed E-state index contributed by atoms with van der Waals surface area (Å²) in [4.78, 5) is 2.57. The molecular weight excluding hydrogens is 302 g/mol. The summed E-state index contributed by atoms with van der Waals surface area (Å²) in [6.45, 7) is 9.84. The number of aryl methyl sites for hydroxylation is 1. The molecule has 2 aliphatic carbocycles. The van der Waals surface area contributed by atoms with Gasteiger partial charge in [0, 0.05) is 25.0 Å². The van der Waals surface area contributed by atoms with Crippen LogP contribution in [0, 0.1) is 5.92 Å². The lowest BCUT2D eigenvalue weighted by Gasteiger charge is -2.47. The van der Waals surface area contributed by atoms with Crippen LogP contribution in [-0.4, -0.2) is 24.0 Å². The summed E-state index contributed by atoms with van der Waals surface area (Å²) in [5, 5.41) is 0. The fraction of sp³-hybridized carbons (Fsp3) is 0.333. The van der Waals surface area contributed by atoms with Crippen LogP contribution < -0.4 is 0 Å². The molecule has 128 valence electrons. The molecule has 0 aliphatic heterocycles. The van der Waals surface area contributed by atoms with Crippen molar-refractivity contribution in [1.82, 2.24) is 4.90 Å². The van der Waals surface area contributed by atoms with E-state index in [9.17, 15) is 0 Å². The predicted octanol–water partition coefficient (Wildman–Crippen LogP) is 4.98. The Morgan fingerprint density at radius 1 is 0.880 bits per heavy atom. The highest BCUT2D eigenvalue weighted by atomic mass is 15.2. The van der Waals surface area contributed by atoms with Gasteiger partial charge in [-0.25, -0.2) is 0 Å². The molecule has 2 aromatic carbocycles. The monoisotopic (exact) mass is 329 g/mol. The molecule has 3 atom stereocenters. The number of benzene rings is 2. The molecule has 1 heteroatoms. The first-order chi connectivity index (χ1) is 12.3. The predicted molar refractivity (Wildman–Crippen MR) is 106 cm³/mol. The minimum atomic E-state index is 0.525. The molecule has 0 spiro atoms. The van der Waals surface area contributed by atoms with E-state index in [1.165, 1.54) is 24.0 Å². The summed E-state index contributed by atoms with van der Waals surface area (Å²) in [6, 6.07) is 18.7. The van der Waals surface area contributed by atoms with E-state index < -0.39 is 0 Å². The lowest BCUT2D eigenvalue weighted by atomic mass is 9.63. The Morgan fingerprint density at radius 2 is 1.48 bits per heavy atom. The first-order valence-corrected chi connectivity index (χ1v) is 9.45. The van der Waals surface area contributed by atoms with E-state index in [0.717, 1.165) is 19.5 Å². The lowest BCUT2D eigenvalue weighted by molar-refractivity contribution is 0.137. The van der Waals surface area contributed by atoms with Gasteiger partial charge in [0.15, 0.2) is 0 Å². The van der Waals surface area contributed by atoms with Crippen LogP contribution in [0.15, 0.2) is 73.8 Å². The van der Waals surface area contributed by atoms with Crippen LogP contribution in [-0.2, 0) is 12.8 Å². The molecule has 0 N–H and O–H groups in total. The third-order valence-electron chi connectivity index (χ3n) is 6.07. The first kappa shape index (κ1) is 16.4. The van der Waals surface area contributed by atoms with Crippen molar-refractivity contribution in [1.29, 1.82) is 0 Å². The molecular formula is C24H27N. The third-order valence-corrected chi connectivity index (χ3v) is 6.07. The Labute approximate surface area is 151 Å². The molecule has 0 amide bonds. The molecule has 4 rings (SSSR count). The van der Waals surface area contributed by atoms with E-state index in [0.29, 0.717) is 17.9 Å². The van der Waals surface area contributed by atoms with Crippen molar-refractivity contribution in [2.75, 3.05) is 13.1 Å². The zero-order chi connectivity index (χ0) is 17.2. The second-order valence-electron chi connectivity index (χ2n) is 7.38. The van der Waals surface area contributed by atoms with E-state index >= 15 is 0 Å². The van der Waals surface area contributed by atoms with E-state index in [4.69, 9.17) is 0 Å². The Morgan fingerprint density at radius 3 is 2.16 bits per heavy atom. The van der Waals surface area contributed by atoms with Gasteiger partial charge in [-0.2, -0.15) is 0 Å². The standard InChI is InChI=1S/C24H27N/c1-3-15-25(16-4-2)23-17-19-10-6-8-12-21(19)24-20-11-7-5-9-18(20)13-14-22(23)24/h3-12,22-24H,1-2,13-17H2. The number of nitrogens with zero attached hydrogens (tertiary/aromatic N) is 1. The van der Waals surface area contributed by atoms with Gasteiger partial charge in [0.1, 0.15) is 0 Å². The van der Waals surface area contributed by atoms with Gasteiger partial charge in [-0.15, -0.1) is 13.2 Å². The number of hydrogen-bond acceptors (Lipinski definition) is 1. The second kappa shape index (κ2) is 7.01.